The Morgan fingerprint density at radius 3 is 2.53 bits per heavy atom. The summed E-state index contributed by atoms with van der Waals surface area (Å²) >= 11 is 0. The zero-order chi connectivity index (χ0) is 13.9. The first-order chi connectivity index (χ1) is 8.95. The van der Waals surface area contributed by atoms with Gasteiger partial charge in [-0.3, -0.25) is 4.68 Å². The van der Waals surface area contributed by atoms with Crippen LogP contribution in [0.1, 0.15) is 58.9 Å². The second kappa shape index (κ2) is 6.08. The predicted octanol–water partition coefficient (Wildman–Crippen LogP) is 3.55. The van der Waals surface area contributed by atoms with E-state index in [0.717, 1.165) is 24.9 Å². The summed E-state index contributed by atoms with van der Waals surface area (Å²) in [5, 5.41) is 8.04. The molecule has 0 aliphatic heterocycles. The van der Waals surface area contributed by atoms with Crippen LogP contribution in [0.4, 0.5) is 0 Å². The third kappa shape index (κ3) is 4.34. The van der Waals surface area contributed by atoms with Crippen LogP contribution in [0, 0.1) is 11.8 Å². The molecule has 1 saturated carbocycles. The molecule has 0 spiro atoms. The monoisotopic (exact) mass is 263 g/mol. The average molecular weight is 263 g/mol. The summed E-state index contributed by atoms with van der Waals surface area (Å²) in [4.78, 5) is 0. The highest BCUT2D eigenvalue weighted by atomic mass is 15.3. The third-order valence-corrected chi connectivity index (χ3v) is 4.22. The molecule has 0 amide bonds. The molecule has 0 bridgehead atoms. The Morgan fingerprint density at radius 1 is 1.26 bits per heavy atom. The van der Waals surface area contributed by atoms with Crippen molar-refractivity contribution in [2.75, 3.05) is 6.54 Å². The molecule has 3 heteroatoms. The first kappa shape index (κ1) is 14.6. The highest BCUT2D eigenvalue weighted by Gasteiger charge is 2.18. The number of hydrogen-bond acceptors (Lipinski definition) is 2. The third-order valence-electron chi connectivity index (χ3n) is 4.22. The lowest BCUT2D eigenvalue weighted by atomic mass is 9.83. The Kier molecular flexibility index (Phi) is 4.67. The Balaban J connectivity index is 1.72. The van der Waals surface area contributed by atoms with E-state index in [4.69, 9.17) is 0 Å². The lowest BCUT2D eigenvalue weighted by molar-refractivity contribution is 0.281. The van der Waals surface area contributed by atoms with Crippen LogP contribution in [0.25, 0.3) is 0 Å². The maximum absolute atomic E-state index is 4.44. The summed E-state index contributed by atoms with van der Waals surface area (Å²) in [7, 11) is 0. The maximum Gasteiger partial charge on any atom is 0.0543 e. The summed E-state index contributed by atoms with van der Waals surface area (Å²) in [6.45, 7) is 11.0. The predicted molar refractivity (Wildman–Crippen MR) is 80.1 cm³/mol. The van der Waals surface area contributed by atoms with Gasteiger partial charge in [0, 0.05) is 18.3 Å². The van der Waals surface area contributed by atoms with Gasteiger partial charge in [0.05, 0.1) is 11.7 Å². The van der Waals surface area contributed by atoms with Crippen LogP contribution in [0.3, 0.4) is 0 Å². The van der Waals surface area contributed by atoms with E-state index in [0.29, 0.717) is 0 Å². The van der Waals surface area contributed by atoms with Gasteiger partial charge in [-0.2, -0.15) is 5.10 Å². The molecule has 1 aromatic rings. The van der Waals surface area contributed by atoms with Crippen molar-refractivity contribution in [2.45, 2.75) is 65.5 Å². The van der Waals surface area contributed by atoms with E-state index in [1.165, 1.54) is 31.2 Å². The summed E-state index contributed by atoms with van der Waals surface area (Å²) in [5.41, 5.74) is 1.37. The van der Waals surface area contributed by atoms with Crippen molar-refractivity contribution >= 4 is 0 Å². The first-order valence-corrected chi connectivity index (χ1v) is 7.70. The van der Waals surface area contributed by atoms with Crippen LogP contribution in [0.2, 0.25) is 0 Å². The summed E-state index contributed by atoms with van der Waals surface area (Å²) in [6.07, 6.45) is 9.77. The smallest absolute Gasteiger partial charge is 0.0543 e. The van der Waals surface area contributed by atoms with Gasteiger partial charge in [0.1, 0.15) is 0 Å². The van der Waals surface area contributed by atoms with Gasteiger partial charge < -0.3 is 5.32 Å². The molecule has 0 unspecified atom stereocenters. The Labute approximate surface area is 117 Å². The number of nitrogens with zero attached hydrogens (tertiary/aromatic N) is 2. The van der Waals surface area contributed by atoms with Gasteiger partial charge >= 0.3 is 0 Å². The van der Waals surface area contributed by atoms with Crippen molar-refractivity contribution in [3.63, 3.8) is 0 Å². The van der Waals surface area contributed by atoms with Crippen LogP contribution in [0.15, 0.2) is 12.4 Å². The van der Waals surface area contributed by atoms with Crippen molar-refractivity contribution in [3.8, 4) is 0 Å². The van der Waals surface area contributed by atoms with Gasteiger partial charge in [0.15, 0.2) is 0 Å². The fourth-order valence-electron chi connectivity index (χ4n) is 2.77. The zero-order valence-electron chi connectivity index (χ0n) is 12.9. The van der Waals surface area contributed by atoms with Gasteiger partial charge in [-0.15, -0.1) is 0 Å². The molecule has 108 valence electrons. The lowest BCUT2D eigenvalue weighted by Gasteiger charge is -2.26. The Bertz CT molecular complexity index is 381. The van der Waals surface area contributed by atoms with Crippen LogP contribution in [-0.2, 0) is 12.1 Å². The molecule has 2 rings (SSSR count). The fourth-order valence-corrected chi connectivity index (χ4v) is 2.77. The number of nitrogens with one attached hydrogen (secondary N) is 1. The second-order valence-corrected chi connectivity index (χ2v) is 7.22. The molecule has 1 aromatic heterocycles. The topological polar surface area (TPSA) is 29.9 Å². The maximum atomic E-state index is 4.44. The SMILES string of the molecule is CC1CCC(CNCc2cnn(C(C)(C)C)c2)CC1. The molecular formula is C16H29N3. The summed E-state index contributed by atoms with van der Waals surface area (Å²) < 4.78 is 2.05. The van der Waals surface area contributed by atoms with Crippen molar-refractivity contribution in [1.29, 1.82) is 0 Å². The Morgan fingerprint density at radius 2 is 1.95 bits per heavy atom. The average Bonchev–Trinajstić information content (AvgIpc) is 2.80. The zero-order valence-corrected chi connectivity index (χ0v) is 12.9. The van der Waals surface area contributed by atoms with E-state index >= 15 is 0 Å². The molecule has 1 aliphatic carbocycles. The summed E-state index contributed by atoms with van der Waals surface area (Å²) in [5.74, 6) is 1.83. The van der Waals surface area contributed by atoms with E-state index in [1.54, 1.807) is 0 Å². The van der Waals surface area contributed by atoms with E-state index in [-0.39, 0.29) is 5.54 Å². The molecule has 1 heterocycles. The second-order valence-electron chi connectivity index (χ2n) is 7.22. The molecule has 1 aliphatic rings. The van der Waals surface area contributed by atoms with Crippen LogP contribution in [-0.4, -0.2) is 16.3 Å². The lowest BCUT2D eigenvalue weighted by Crippen LogP contribution is -2.25. The van der Waals surface area contributed by atoms with Gasteiger partial charge in [0.25, 0.3) is 0 Å². The number of hydrogen-bond donors (Lipinski definition) is 1. The number of aromatic nitrogens is 2. The molecule has 0 aromatic carbocycles. The fraction of sp³-hybridized carbons (Fsp3) is 0.812. The van der Waals surface area contributed by atoms with Crippen LogP contribution in [0.5, 0.6) is 0 Å². The van der Waals surface area contributed by atoms with Crippen LogP contribution < -0.4 is 5.32 Å². The standard InChI is InChI=1S/C16H29N3/c1-13-5-7-14(8-6-13)9-17-10-15-11-18-19(12-15)16(2,3)4/h11-14,17H,5-10H2,1-4H3. The number of rotatable bonds is 4. The van der Waals surface area contributed by atoms with E-state index in [2.05, 4.69) is 44.3 Å². The highest BCUT2D eigenvalue weighted by Crippen LogP contribution is 2.27. The van der Waals surface area contributed by atoms with Crippen molar-refractivity contribution in [1.82, 2.24) is 15.1 Å². The highest BCUT2D eigenvalue weighted by molar-refractivity contribution is 5.04. The molecule has 1 N–H and O–H groups in total. The first-order valence-electron chi connectivity index (χ1n) is 7.70. The quantitative estimate of drug-likeness (QED) is 0.900. The molecule has 3 nitrogen and oxygen atoms in total. The minimum absolute atomic E-state index is 0.0811. The van der Waals surface area contributed by atoms with E-state index < -0.39 is 0 Å². The molecule has 0 radical (unpaired) electrons. The molecule has 0 atom stereocenters. The minimum atomic E-state index is 0.0811. The molecule has 19 heavy (non-hydrogen) atoms. The molecule has 0 saturated heterocycles. The van der Waals surface area contributed by atoms with Crippen molar-refractivity contribution in [3.05, 3.63) is 18.0 Å². The van der Waals surface area contributed by atoms with Gasteiger partial charge in [0.2, 0.25) is 0 Å². The Hall–Kier alpha value is -0.830. The summed E-state index contributed by atoms with van der Waals surface area (Å²) in [6, 6.07) is 0. The van der Waals surface area contributed by atoms with E-state index in [1.807, 2.05) is 10.9 Å². The van der Waals surface area contributed by atoms with Crippen LogP contribution >= 0.6 is 0 Å². The van der Waals surface area contributed by atoms with Gasteiger partial charge in [-0.25, -0.2) is 0 Å². The largest absolute Gasteiger partial charge is 0.312 e. The minimum Gasteiger partial charge on any atom is -0.312 e. The van der Waals surface area contributed by atoms with Gasteiger partial charge in [-0.1, -0.05) is 19.8 Å². The van der Waals surface area contributed by atoms with Gasteiger partial charge in [-0.05, 0) is 52.0 Å². The molecule has 1 fully saturated rings. The van der Waals surface area contributed by atoms with Crippen molar-refractivity contribution < 1.29 is 0 Å². The van der Waals surface area contributed by atoms with Crippen molar-refractivity contribution in [2.24, 2.45) is 11.8 Å². The normalized spacial score (nSPS) is 24.6. The molecular weight excluding hydrogens is 234 g/mol. The van der Waals surface area contributed by atoms with E-state index in [9.17, 15) is 0 Å².